The molecule has 3 rings (SSSR count). The molecule has 28 heavy (non-hydrogen) atoms. The van der Waals surface area contributed by atoms with Crippen molar-refractivity contribution in [3.05, 3.63) is 65.7 Å². The van der Waals surface area contributed by atoms with Crippen LogP contribution in [0.4, 0.5) is 17.6 Å². The largest absolute Gasteiger partial charge is 0.436 e. The van der Waals surface area contributed by atoms with E-state index in [4.69, 9.17) is 0 Å². The molecule has 7 heteroatoms. The second-order valence-electron chi connectivity index (χ2n) is 7.46. The molecule has 2 atom stereocenters. The summed E-state index contributed by atoms with van der Waals surface area (Å²) in [6.45, 7) is 5.08. The van der Waals surface area contributed by atoms with Gasteiger partial charge in [0.1, 0.15) is 5.82 Å². The van der Waals surface area contributed by atoms with E-state index in [2.05, 4.69) is 4.98 Å². The molecule has 3 nitrogen and oxygen atoms in total. The van der Waals surface area contributed by atoms with Crippen LogP contribution in [0, 0.1) is 12.7 Å². The van der Waals surface area contributed by atoms with Crippen LogP contribution in [0.2, 0.25) is 0 Å². The summed E-state index contributed by atoms with van der Waals surface area (Å²) in [5.41, 5.74) is -2.64. The minimum Gasteiger partial charge on any atom is -0.363 e. The molecule has 0 spiro atoms. The Morgan fingerprint density at radius 1 is 1.14 bits per heavy atom. The molecule has 0 bridgehead atoms. The van der Waals surface area contributed by atoms with E-state index in [0.717, 1.165) is 4.57 Å². The first-order valence-corrected chi connectivity index (χ1v) is 9.00. The average Bonchev–Trinajstić information content (AvgIpc) is 3.07. The monoisotopic (exact) mass is 394 g/mol. The standard InChI is InChI=1S/C21H22F4N2O/c1-4-19(3,16-12-15(22)8-7-14(16)2)13-20(28,21(23,24)25)27-11-9-17-18(27)6-5-10-26-17/h5-12,28H,4,13H2,1-3H3. The van der Waals surface area contributed by atoms with Gasteiger partial charge in [0.05, 0.1) is 11.0 Å². The Morgan fingerprint density at radius 2 is 1.86 bits per heavy atom. The molecule has 1 aromatic carbocycles. The van der Waals surface area contributed by atoms with Crippen LogP contribution in [-0.2, 0) is 11.1 Å². The van der Waals surface area contributed by atoms with Crippen molar-refractivity contribution in [2.45, 2.75) is 50.9 Å². The fourth-order valence-electron chi connectivity index (χ4n) is 3.81. The first-order chi connectivity index (χ1) is 13.0. The van der Waals surface area contributed by atoms with Gasteiger partial charge in [-0.3, -0.25) is 4.98 Å². The third-order valence-electron chi connectivity index (χ3n) is 5.58. The Balaban J connectivity index is 2.18. The zero-order valence-electron chi connectivity index (χ0n) is 15.9. The molecule has 0 fully saturated rings. The van der Waals surface area contributed by atoms with Crippen molar-refractivity contribution in [1.82, 2.24) is 9.55 Å². The summed E-state index contributed by atoms with van der Waals surface area (Å²) in [6.07, 6.45) is -2.66. The van der Waals surface area contributed by atoms with Gasteiger partial charge in [-0.1, -0.05) is 19.9 Å². The Bertz CT molecular complexity index is 997. The molecule has 2 heterocycles. The minimum atomic E-state index is -4.95. The van der Waals surface area contributed by atoms with Crippen molar-refractivity contribution in [3.63, 3.8) is 0 Å². The molecular weight excluding hydrogens is 372 g/mol. The number of aromatic nitrogens is 2. The van der Waals surface area contributed by atoms with Crippen LogP contribution in [0.5, 0.6) is 0 Å². The third-order valence-corrected chi connectivity index (χ3v) is 5.58. The van der Waals surface area contributed by atoms with Crippen molar-refractivity contribution in [1.29, 1.82) is 0 Å². The molecule has 0 aliphatic heterocycles. The molecule has 0 saturated heterocycles. The summed E-state index contributed by atoms with van der Waals surface area (Å²) in [4.78, 5) is 4.05. The molecule has 0 radical (unpaired) electrons. The van der Waals surface area contributed by atoms with Crippen molar-refractivity contribution in [2.75, 3.05) is 0 Å². The minimum absolute atomic E-state index is 0.178. The van der Waals surface area contributed by atoms with Gasteiger partial charge in [0.15, 0.2) is 0 Å². The number of halogens is 4. The number of alkyl halides is 3. The summed E-state index contributed by atoms with van der Waals surface area (Å²) in [7, 11) is 0. The van der Waals surface area contributed by atoms with Gasteiger partial charge in [0, 0.05) is 18.8 Å². The predicted octanol–water partition coefficient (Wildman–Crippen LogP) is 5.45. The maximum atomic E-state index is 14.2. The molecule has 0 amide bonds. The van der Waals surface area contributed by atoms with Gasteiger partial charge in [-0.25, -0.2) is 4.39 Å². The maximum absolute atomic E-state index is 14.2. The van der Waals surface area contributed by atoms with E-state index in [1.165, 1.54) is 42.7 Å². The lowest BCUT2D eigenvalue weighted by Crippen LogP contribution is -2.51. The summed E-state index contributed by atoms with van der Waals surface area (Å²) in [5, 5.41) is 11.0. The van der Waals surface area contributed by atoms with Crippen molar-refractivity contribution in [3.8, 4) is 0 Å². The lowest BCUT2D eigenvalue weighted by molar-refractivity contribution is -0.305. The van der Waals surface area contributed by atoms with Crippen LogP contribution in [-0.4, -0.2) is 20.8 Å². The van der Waals surface area contributed by atoms with Gasteiger partial charge in [-0.2, -0.15) is 13.2 Å². The number of pyridine rings is 1. The number of hydrogen-bond donors (Lipinski definition) is 1. The van der Waals surface area contributed by atoms with Crippen molar-refractivity contribution >= 4 is 11.0 Å². The molecule has 3 aromatic rings. The van der Waals surface area contributed by atoms with Gasteiger partial charge in [-0.15, -0.1) is 0 Å². The van der Waals surface area contributed by atoms with Crippen LogP contribution in [0.3, 0.4) is 0 Å². The molecule has 0 saturated carbocycles. The van der Waals surface area contributed by atoms with E-state index in [1.54, 1.807) is 26.8 Å². The predicted molar refractivity (Wildman–Crippen MR) is 99.4 cm³/mol. The molecular formula is C21H22F4N2O. The molecule has 2 unspecified atom stereocenters. The van der Waals surface area contributed by atoms with Crippen LogP contribution in [0.1, 0.15) is 37.8 Å². The van der Waals surface area contributed by atoms with Crippen LogP contribution in [0.25, 0.3) is 11.0 Å². The van der Waals surface area contributed by atoms with Gasteiger partial charge in [0.25, 0.3) is 0 Å². The first-order valence-electron chi connectivity index (χ1n) is 9.00. The number of aryl methyl sites for hydroxylation is 1. The quantitative estimate of drug-likeness (QED) is 0.585. The zero-order chi connectivity index (χ0) is 20.7. The number of rotatable bonds is 5. The highest BCUT2D eigenvalue weighted by Crippen LogP contribution is 2.47. The number of hydrogen-bond acceptors (Lipinski definition) is 2. The fourth-order valence-corrected chi connectivity index (χ4v) is 3.81. The highest BCUT2D eigenvalue weighted by atomic mass is 19.4. The van der Waals surface area contributed by atoms with Gasteiger partial charge in [-0.05, 0) is 60.2 Å². The summed E-state index contributed by atoms with van der Waals surface area (Å²) in [5.74, 6) is -0.522. The molecule has 0 aliphatic carbocycles. The molecule has 2 aromatic heterocycles. The third kappa shape index (κ3) is 3.28. The summed E-state index contributed by atoms with van der Waals surface area (Å²) in [6, 6.07) is 8.50. The van der Waals surface area contributed by atoms with Gasteiger partial charge >= 0.3 is 6.18 Å². The van der Waals surface area contributed by atoms with E-state index in [1.807, 2.05) is 0 Å². The second kappa shape index (κ2) is 6.88. The number of benzene rings is 1. The highest BCUT2D eigenvalue weighted by Gasteiger charge is 2.58. The lowest BCUT2D eigenvalue weighted by Gasteiger charge is -2.41. The Kier molecular flexibility index (Phi) is 5.00. The zero-order valence-corrected chi connectivity index (χ0v) is 15.9. The van der Waals surface area contributed by atoms with Crippen molar-refractivity contribution < 1.29 is 22.7 Å². The first kappa shape index (κ1) is 20.3. The second-order valence-corrected chi connectivity index (χ2v) is 7.46. The number of fused-ring (bicyclic) bond motifs is 1. The van der Waals surface area contributed by atoms with E-state index in [0.29, 0.717) is 16.6 Å². The van der Waals surface area contributed by atoms with Crippen molar-refractivity contribution in [2.24, 2.45) is 0 Å². The normalized spacial score (nSPS) is 16.7. The molecule has 150 valence electrons. The average molecular weight is 394 g/mol. The number of nitrogens with zero attached hydrogens (tertiary/aromatic N) is 2. The van der Waals surface area contributed by atoms with Crippen LogP contribution >= 0.6 is 0 Å². The van der Waals surface area contributed by atoms with Gasteiger partial charge in [0.2, 0.25) is 5.72 Å². The van der Waals surface area contributed by atoms with E-state index < -0.39 is 29.6 Å². The SMILES string of the molecule is CCC(C)(CC(O)(n1ccc2ncccc21)C(F)(F)F)c1cc(F)ccc1C. The Hall–Kier alpha value is -2.41. The topological polar surface area (TPSA) is 38.0 Å². The van der Waals surface area contributed by atoms with E-state index in [-0.39, 0.29) is 11.9 Å². The summed E-state index contributed by atoms with van der Waals surface area (Å²) >= 11 is 0. The van der Waals surface area contributed by atoms with Crippen LogP contribution < -0.4 is 0 Å². The lowest BCUT2D eigenvalue weighted by atomic mass is 9.72. The van der Waals surface area contributed by atoms with Gasteiger partial charge < -0.3 is 9.67 Å². The van der Waals surface area contributed by atoms with E-state index >= 15 is 0 Å². The highest BCUT2D eigenvalue weighted by molar-refractivity contribution is 5.75. The molecule has 1 N–H and O–H groups in total. The van der Waals surface area contributed by atoms with E-state index in [9.17, 15) is 22.7 Å². The molecule has 0 aliphatic rings. The Morgan fingerprint density at radius 3 is 2.50 bits per heavy atom. The number of aliphatic hydroxyl groups is 1. The summed E-state index contributed by atoms with van der Waals surface area (Å²) < 4.78 is 57.3. The Labute approximate surface area is 160 Å². The fraction of sp³-hybridized carbons (Fsp3) is 0.381. The maximum Gasteiger partial charge on any atom is 0.436 e. The van der Waals surface area contributed by atoms with Crippen LogP contribution in [0.15, 0.2) is 48.8 Å². The smallest absolute Gasteiger partial charge is 0.363 e.